The molecule has 0 aliphatic heterocycles. The standard InChI is InChI=1S/C13H11NO3/c1-17-13(16)8-12(15)11-7-6-9-4-2-3-5-10(9)14-11/h2-7H,8H2,1H3. The second-order valence-electron chi connectivity index (χ2n) is 3.57. The molecule has 0 N–H and O–H groups in total. The number of benzene rings is 1. The van der Waals surface area contributed by atoms with Gasteiger partial charge in [0.25, 0.3) is 0 Å². The van der Waals surface area contributed by atoms with Gasteiger partial charge in [-0.2, -0.15) is 0 Å². The number of ketones is 1. The molecule has 0 bridgehead atoms. The summed E-state index contributed by atoms with van der Waals surface area (Å²) >= 11 is 0. The van der Waals surface area contributed by atoms with E-state index in [1.165, 1.54) is 7.11 Å². The lowest BCUT2D eigenvalue weighted by atomic mass is 10.1. The summed E-state index contributed by atoms with van der Waals surface area (Å²) in [6, 6.07) is 10.9. The molecule has 0 saturated carbocycles. The van der Waals surface area contributed by atoms with Crippen LogP contribution >= 0.6 is 0 Å². The van der Waals surface area contributed by atoms with E-state index in [1.54, 1.807) is 6.07 Å². The van der Waals surface area contributed by atoms with E-state index in [-0.39, 0.29) is 17.9 Å². The largest absolute Gasteiger partial charge is 0.469 e. The molecule has 0 aliphatic rings. The van der Waals surface area contributed by atoms with Gasteiger partial charge >= 0.3 is 5.97 Å². The highest BCUT2D eigenvalue weighted by Gasteiger charge is 2.13. The molecule has 0 unspecified atom stereocenters. The minimum Gasteiger partial charge on any atom is -0.469 e. The second-order valence-corrected chi connectivity index (χ2v) is 3.57. The Morgan fingerprint density at radius 3 is 2.71 bits per heavy atom. The Hall–Kier alpha value is -2.23. The predicted octanol–water partition coefficient (Wildman–Crippen LogP) is 1.98. The van der Waals surface area contributed by atoms with E-state index in [0.717, 1.165) is 10.9 Å². The molecule has 1 aromatic carbocycles. The molecule has 4 heteroatoms. The highest BCUT2D eigenvalue weighted by Crippen LogP contribution is 2.12. The van der Waals surface area contributed by atoms with Gasteiger partial charge in [0.15, 0.2) is 5.78 Å². The lowest BCUT2D eigenvalue weighted by Crippen LogP contribution is -2.10. The molecule has 0 atom stereocenters. The Morgan fingerprint density at radius 1 is 1.18 bits per heavy atom. The monoisotopic (exact) mass is 229 g/mol. The quantitative estimate of drug-likeness (QED) is 0.458. The van der Waals surface area contributed by atoms with Crippen molar-refractivity contribution in [1.82, 2.24) is 4.98 Å². The molecule has 0 amide bonds. The van der Waals surface area contributed by atoms with E-state index < -0.39 is 5.97 Å². The summed E-state index contributed by atoms with van der Waals surface area (Å²) in [5, 5.41) is 0.960. The van der Waals surface area contributed by atoms with Crippen molar-refractivity contribution < 1.29 is 14.3 Å². The summed E-state index contributed by atoms with van der Waals surface area (Å²) in [7, 11) is 1.25. The van der Waals surface area contributed by atoms with Crippen molar-refractivity contribution in [3.8, 4) is 0 Å². The fraction of sp³-hybridized carbons (Fsp3) is 0.154. The summed E-state index contributed by atoms with van der Waals surface area (Å²) in [5.41, 5.74) is 1.03. The van der Waals surface area contributed by atoms with Crippen LogP contribution in [-0.2, 0) is 9.53 Å². The first-order valence-corrected chi connectivity index (χ1v) is 5.16. The summed E-state index contributed by atoms with van der Waals surface area (Å²) < 4.78 is 4.44. The zero-order chi connectivity index (χ0) is 12.3. The van der Waals surface area contributed by atoms with Crippen LogP contribution in [0.5, 0.6) is 0 Å². The fourth-order valence-corrected chi connectivity index (χ4v) is 1.52. The van der Waals surface area contributed by atoms with Crippen LogP contribution in [0.4, 0.5) is 0 Å². The molecule has 86 valence electrons. The van der Waals surface area contributed by atoms with Crippen molar-refractivity contribution in [2.45, 2.75) is 6.42 Å². The Balaban J connectivity index is 2.30. The molecular weight excluding hydrogens is 218 g/mol. The number of hydrogen-bond donors (Lipinski definition) is 0. The number of carbonyl (C=O) groups is 2. The number of fused-ring (bicyclic) bond motifs is 1. The Morgan fingerprint density at radius 2 is 1.94 bits per heavy atom. The van der Waals surface area contributed by atoms with Gasteiger partial charge in [-0.3, -0.25) is 9.59 Å². The number of para-hydroxylation sites is 1. The molecule has 17 heavy (non-hydrogen) atoms. The minimum absolute atomic E-state index is 0.276. The van der Waals surface area contributed by atoms with Crippen molar-refractivity contribution >= 4 is 22.7 Å². The van der Waals surface area contributed by atoms with E-state index in [4.69, 9.17) is 0 Å². The molecule has 2 rings (SSSR count). The number of rotatable bonds is 3. The number of pyridine rings is 1. The van der Waals surface area contributed by atoms with Gasteiger partial charge in [-0.25, -0.2) is 4.98 Å². The highest BCUT2D eigenvalue weighted by atomic mass is 16.5. The second kappa shape index (κ2) is 4.74. The smallest absolute Gasteiger partial charge is 0.313 e. The van der Waals surface area contributed by atoms with Gasteiger partial charge in [-0.05, 0) is 12.1 Å². The van der Waals surface area contributed by atoms with E-state index in [9.17, 15) is 9.59 Å². The first-order chi connectivity index (χ1) is 8.20. The lowest BCUT2D eigenvalue weighted by molar-refractivity contribution is -0.139. The summed E-state index contributed by atoms with van der Waals surface area (Å²) in [4.78, 5) is 26.9. The Labute approximate surface area is 98.2 Å². The lowest BCUT2D eigenvalue weighted by Gasteiger charge is -2.01. The first-order valence-electron chi connectivity index (χ1n) is 5.16. The molecular formula is C13H11NO3. The molecule has 1 heterocycles. The number of hydrogen-bond acceptors (Lipinski definition) is 4. The van der Waals surface area contributed by atoms with Gasteiger partial charge in [0.1, 0.15) is 12.1 Å². The SMILES string of the molecule is COC(=O)CC(=O)c1ccc2ccccc2n1. The minimum atomic E-state index is -0.551. The maximum absolute atomic E-state index is 11.7. The van der Waals surface area contributed by atoms with Crippen molar-refractivity contribution in [3.63, 3.8) is 0 Å². The molecule has 0 radical (unpaired) electrons. The average Bonchev–Trinajstić information content (AvgIpc) is 2.38. The zero-order valence-electron chi connectivity index (χ0n) is 9.34. The maximum atomic E-state index is 11.7. The van der Waals surface area contributed by atoms with Crippen molar-refractivity contribution in [3.05, 3.63) is 42.1 Å². The average molecular weight is 229 g/mol. The van der Waals surface area contributed by atoms with Gasteiger partial charge in [-0.1, -0.05) is 24.3 Å². The van der Waals surface area contributed by atoms with Crippen LogP contribution < -0.4 is 0 Å². The van der Waals surface area contributed by atoms with E-state index >= 15 is 0 Å². The normalized spacial score (nSPS) is 10.2. The summed E-state index contributed by atoms with van der Waals surface area (Å²) in [6.45, 7) is 0. The number of ether oxygens (including phenoxy) is 1. The third-order valence-electron chi connectivity index (χ3n) is 2.42. The Bertz CT molecular complexity index is 578. The van der Waals surface area contributed by atoms with Gasteiger partial charge in [0, 0.05) is 5.39 Å². The third-order valence-corrected chi connectivity index (χ3v) is 2.42. The van der Waals surface area contributed by atoms with Crippen molar-refractivity contribution in [2.24, 2.45) is 0 Å². The van der Waals surface area contributed by atoms with Crippen LogP contribution in [0.2, 0.25) is 0 Å². The van der Waals surface area contributed by atoms with Crippen LogP contribution in [0.1, 0.15) is 16.9 Å². The van der Waals surface area contributed by atoms with Crippen LogP contribution in [0.15, 0.2) is 36.4 Å². The van der Waals surface area contributed by atoms with Crippen molar-refractivity contribution in [1.29, 1.82) is 0 Å². The number of Topliss-reactive ketones (excluding diaryl/α,β-unsaturated/α-hetero) is 1. The number of nitrogens with zero attached hydrogens (tertiary/aromatic N) is 1. The third kappa shape index (κ3) is 2.47. The van der Waals surface area contributed by atoms with Crippen LogP contribution in [0, 0.1) is 0 Å². The first kappa shape index (κ1) is 11.3. The Kier molecular flexibility index (Phi) is 3.14. The number of esters is 1. The molecule has 0 fully saturated rings. The number of aromatic nitrogens is 1. The van der Waals surface area contributed by atoms with Crippen molar-refractivity contribution in [2.75, 3.05) is 7.11 Å². The molecule has 0 saturated heterocycles. The maximum Gasteiger partial charge on any atom is 0.313 e. The van der Waals surface area contributed by atoms with E-state index in [1.807, 2.05) is 30.3 Å². The topological polar surface area (TPSA) is 56.3 Å². The van der Waals surface area contributed by atoms with Crippen LogP contribution in [0.3, 0.4) is 0 Å². The number of methoxy groups -OCH3 is 1. The molecule has 2 aromatic rings. The van der Waals surface area contributed by atoms with Crippen LogP contribution in [-0.4, -0.2) is 23.8 Å². The highest BCUT2D eigenvalue weighted by molar-refractivity contribution is 6.05. The van der Waals surface area contributed by atoms with Crippen LogP contribution in [0.25, 0.3) is 10.9 Å². The molecule has 0 spiro atoms. The summed E-state index contributed by atoms with van der Waals surface area (Å²) in [5.74, 6) is -0.882. The van der Waals surface area contributed by atoms with Gasteiger partial charge < -0.3 is 4.74 Å². The van der Waals surface area contributed by atoms with Gasteiger partial charge in [-0.15, -0.1) is 0 Å². The molecule has 0 aliphatic carbocycles. The van der Waals surface area contributed by atoms with Gasteiger partial charge in [0.2, 0.25) is 0 Å². The fourth-order valence-electron chi connectivity index (χ4n) is 1.52. The summed E-state index contributed by atoms with van der Waals surface area (Å²) in [6.07, 6.45) is -0.276. The zero-order valence-corrected chi connectivity index (χ0v) is 9.34. The number of carbonyl (C=O) groups excluding carboxylic acids is 2. The molecule has 4 nitrogen and oxygen atoms in total. The van der Waals surface area contributed by atoms with E-state index in [0.29, 0.717) is 0 Å². The van der Waals surface area contributed by atoms with Gasteiger partial charge in [0.05, 0.1) is 12.6 Å². The molecule has 1 aromatic heterocycles. The van der Waals surface area contributed by atoms with E-state index in [2.05, 4.69) is 9.72 Å². The predicted molar refractivity (Wildman–Crippen MR) is 62.7 cm³/mol.